The summed E-state index contributed by atoms with van der Waals surface area (Å²) in [5, 5.41) is 7.30. The molecule has 142 valence electrons. The molecule has 0 fully saturated rings. The van der Waals surface area contributed by atoms with E-state index in [1.54, 1.807) is 19.1 Å². The van der Waals surface area contributed by atoms with Crippen molar-refractivity contribution in [2.45, 2.75) is 25.3 Å². The maximum Gasteiger partial charge on any atom is 0.242 e. The van der Waals surface area contributed by atoms with Crippen LogP contribution in [0.3, 0.4) is 0 Å². The van der Waals surface area contributed by atoms with Crippen molar-refractivity contribution in [3.63, 3.8) is 0 Å². The van der Waals surface area contributed by atoms with E-state index in [9.17, 15) is 8.42 Å². The Morgan fingerprint density at radius 1 is 1.04 bits per heavy atom. The summed E-state index contributed by atoms with van der Waals surface area (Å²) in [4.78, 5) is 0.287. The van der Waals surface area contributed by atoms with Gasteiger partial charge in [0.15, 0.2) is 5.76 Å². The Kier molecular flexibility index (Phi) is 5.34. The third-order valence-electron chi connectivity index (χ3n) is 4.32. The summed E-state index contributed by atoms with van der Waals surface area (Å²) in [6.07, 6.45) is 0. The zero-order valence-electron chi connectivity index (χ0n) is 15.9. The van der Waals surface area contributed by atoms with Crippen LogP contribution >= 0.6 is 0 Å². The highest BCUT2D eigenvalue weighted by Crippen LogP contribution is 2.24. The summed E-state index contributed by atoms with van der Waals surface area (Å²) in [5.41, 5.74) is 4.36. The van der Waals surface area contributed by atoms with Gasteiger partial charge < -0.3 is 9.84 Å². The van der Waals surface area contributed by atoms with E-state index in [1.807, 2.05) is 43.3 Å². The second-order valence-corrected chi connectivity index (χ2v) is 8.79. The normalized spacial score (nSPS) is 11.7. The molecule has 0 aliphatic rings. The van der Waals surface area contributed by atoms with Crippen LogP contribution in [0.25, 0.3) is 11.3 Å². The van der Waals surface area contributed by atoms with E-state index in [4.69, 9.17) is 4.52 Å². The molecule has 7 heteroatoms. The first kappa shape index (κ1) is 19.1. The Morgan fingerprint density at radius 3 is 2.41 bits per heavy atom. The monoisotopic (exact) mass is 385 g/mol. The zero-order chi connectivity index (χ0) is 19.6. The Labute approximate surface area is 159 Å². The number of aryl methyl sites for hydroxylation is 2. The Bertz CT molecular complexity index is 1040. The predicted octanol–water partition coefficient (Wildman–Crippen LogP) is 3.82. The molecule has 0 aliphatic heterocycles. The van der Waals surface area contributed by atoms with Crippen molar-refractivity contribution in [3.05, 3.63) is 65.4 Å². The van der Waals surface area contributed by atoms with Gasteiger partial charge in [-0.1, -0.05) is 41.1 Å². The number of nitrogens with one attached hydrogen (secondary N) is 1. The largest absolute Gasteiger partial charge is 0.378 e. The summed E-state index contributed by atoms with van der Waals surface area (Å²) >= 11 is 0. The molecule has 0 spiro atoms. The van der Waals surface area contributed by atoms with Crippen LogP contribution in [0.4, 0.5) is 5.69 Å². The summed E-state index contributed by atoms with van der Waals surface area (Å²) in [7, 11) is -0.443. The third kappa shape index (κ3) is 4.20. The summed E-state index contributed by atoms with van der Waals surface area (Å²) in [6.45, 7) is 4.22. The minimum absolute atomic E-state index is 0.287. The van der Waals surface area contributed by atoms with Crippen molar-refractivity contribution in [2.24, 2.45) is 0 Å². The predicted molar refractivity (Wildman–Crippen MR) is 106 cm³/mol. The molecule has 1 aromatic heterocycles. The molecule has 1 heterocycles. The van der Waals surface area contributed by atoms with Crippen molar-refractivity contribution >= 4 is 15.7 Å². The Hall–Kier alpha value is -2.64. The van der Waals surface area contributed by atoms with Crippen molar-refractivity contribution in [1.82, 2.24) is 9.46 Å². The molecule has 0 bridgehead atoms. The molecule has 3 aromatic rings. The van der Waals surface area contributed by atoms with E-state index in [0.717, 1.165) is 11.3 Å². The first-order valence-corrected chi connectivity index (χ1v) is 10.0. The van der Waals surface area contributed by atoms with Gasteiger partial charge in [-0.2, -0.15) is 0 Å². The molecule has 0 aliphatic carbocycles. The molecular formula is C20H23N3O3S. The maximum absolute atomic E-state index is 12.4. The fourth-order valence-electron chi connectivity index (χ4n) is 2.63. The number of sulfonamides is 1. The standard InChI is InChI=1S/C20H23N3O3S/c1-14-5-8-16(9-6-14)19-12-18(26-22-19)13-21-17-10-7-15(2)20(11-17)27(24,25)23(3)4/h5-12,21H,13H2,1-4H3. The minimum Gasteiger partial charge on any atom is -0.378 e. The van der Waals surface area contributed by atoms with Crippen molar-refractivity contribution in [1.29, 1.82) is 0 Å². The molecule has 0 radical (unpaired) electrons. The first-order valence-electron chi connectivity index (χ1n) is 8.57. The number of rotatable bonds is 6. The number of hydrogen-bond donors (Lipinski definition) is 1. The van der Waals surface area contributed by atoms with E-state index < -0.39 is 10.0 Å². The molecule has 27 heavy (non-hydrogen) atoms. The van der Waals surface area contributed by atoms with Crippen molar-refractivity contribution in [2.75, 3.05) is 19.4 Å². The van der Waals surface area contributed by atoms with Crippen molar-refractivity contribution in [3.8, 4) is 11.3 Å². The van der Waals surface area contributed by atoms with Crippen LogP contribution in [0.5, 0.6) is 0 Å². The SMILES string of the molecule is Cc1ccc(-c2cc(CNc3ccc(C)c(S(=O)(=O)N(C)C)c3)on2)cc1. The van der Waals surface area contributed by atoms with Crippen LogP contribution < -0.4 is 5.32 Å². The number of aromatic nitrogens is 1. The average molecular weight is 385 g/mol. The lowest BCUT2D eigenvalue weighted by Gasteiger charge is -2.15. The second kappa shape index (κ2) is 7.54. The lowest BCUT2D eigenvalue weighted by atomic mass is 10.1. The van der Waals surface area contributed by atoms with Crippen molar-refractivity contribution < 1.29 is 12.9 Å². The first-order chi connectivity index (χ1) is 12.8. The van der Waals surface area contributed by atoms with Gasteiger partial charge in [-0.05, 0) is 31.5 Å². The fraction of sp³-hybridized carbons (Fsp3) is 0.250. The van der Waals surface area contributed by atoms with E-state index in [-0.39, 0.29) is 4.90 Å². The average Bonchev–Trinajstić information content (AvgIpc) is 3.10. The third-order valence-corrected chi connectivity index (χ3v) is 6.28. The van der Waals surface area contributed by atoms with Crippen LogP contribution in [-0.2, 0) is 16.6 Å². The maximum atomic E-state index is 12.4. The quantitative estimate of drug-likeness (QED) is 0.698. The highest BCUT2D eigenvalue weighted by molar-refractivity contribution is 7.89. The Balaban J connectivity index is 1.75. The molecule has 0 amide bonds. The van der Waals surface area contributed by atoms with Gasteiger partial charge in [0.05, 0.1) is 11.4 Å². The van der Waals surface area contributed by atoms with Crippen LogP contribution in [0.15, 0.2) is 57.9 Å². The van der Waals surface area contributed by atoms with Gasteiger partial charge >= 0.3 is 0 Å². The molecule has 1 N–H and O–H groups in total. The summed E-state index contributed by atoms with van der Waals surface area (Å²) in [5.74, 6) is 0.670. The van der Waals surface area contributed by atoms with Gasteiger partial charge in [-0.3, -0.25) is 0 Å². The molecular weight excluding hydrogens is 362 g/mol. The summed E-state index contributed by atoms with van der Waals surface area (Å²) in [6, 6.07) is 15.2. The van der Waals surface area contributed by atoms with E-state index in [0.29, 0.717) is 23.6 Å². The molecule has 0 atom stereocenters. The smallest absolute Gasteiger partial charge is 0.242 e. The molecule has 0 unspecified atom stereocenters. The van der Waals surface area contributed by atoms with Crippen LogP contribution in [0.2, 0.25) is 0 Å². The van der Waals surface area contributed by atoms with E-state index >= 15 is 0 Å². The molecule has 0 saturated carbocycles. The molecule has 0 saturated heterocycles. The lowest BCUT2D eigenvalue weighted by Crippen LogP contribution is -2.23. The van der Waals surface area contributed by atoms with Gasteiger partial charge in [0.25, 0.3) is 0 Å². The van der Waals surface area contributed by atoms with Gasteiger partial charge in [0.2, 0.25) is 10.0 Å². The van der Waals surface area contributed by atoms with Crippen LogP contribution in [0.1, 0.15) is 16.9 Å². The zero-order valence-corrected chi connectivity index (χ0v) is 16.7. The van der Waals surface area contributed by atoms with Crippen LogP contribution in [0, 0.1) is 13.8 Å². The minimum atomic E-state index is -3.49. The number of hydrogen-bond acceptors (Lipinski definition) is 5. The fourth-order valence-corrected chi connectivity index (χ4v) is 3.77. The number of benzene rings is 2. The molecule has 2 aromatic carbocycles. The van der Waals surface area contributed by atoms with E-state index in [2.05, 4.69) is 10.5 Å². The van der Waals surface area contributed by atoms with Crippen LogP contribution in [-0.4, -0.2) is 32.0 Å². The van der Waals surface area contributed by atoms with Gasteiger partial charge in [-0.15, -0.1) is 0 Å². The Morgan fingerprint density at radius 2 is 1.74 bits per heavy atom. The second-order valence-electron chi connectivity index (χ2n) is 6.67. The highest BCUT2D eigenvalue weighted by Gasteiger charge is 2.20. The lowest BCUT2D eigenvalue weighted by molar-refractivity contribution is 0.390. The molecule has 6 nitrogen and oxygen atoms in total. The highest BCUT2D eigenvalue weighted by atomic mass is 32.2. The van der Waals surface area contributed by atoms with Gasteiger partial charge in [0.1, 0.15) is 5.69 Å². The van der Waals surface area contributed by atoms with Gasteiger partial charge in [0, 0.05) is 31.4 Å². The molecule has 3 rings (SSSR count). The van der Waals surface area contributed by atoms with Gasteiger partial charge in [-0.25, -0.2) is 12.7 Å². The summed E-state index contributed by atoms with van der Waals surface area (Å²) < 4.78 is 31.5. The van der Waals surface area contributed by atoms with E-state index in [1.165, 1.54) is 24.0 Å². The topological polar surface area (TPSA) is 75.4 Å². The number of anilines is 1. The number of nitrogens with zero attached hydrogens (tertiary/aromatic N) is 2.